The molecule has 1 unspecified atom stereocenters. The lowest BCUT2D eigenvalue weighted by Gasteiger charge is -2.12. The van der Waals surface area contributed by atoms with Crippen LogP contribution in [-0.4, -0.2) is 13.1 Å². The van der Waals surface area contributed by atoms with Crippen molar-refractivity contribution in [2.24, 2.45) is 5.92 Å². The van der Waals surface area contributed by atoms with E-state index in [1.807, 2.05) is 7.05 Å². The molecule has 0 heterocycles. The number of nitrogens with one attached hydrogen (secondary N) is 1. The SMILES string of the molecule is [CH2]C(NC)C(C)C. The summed E-state index contributed by atoms with van der Waals surface area (Å²) in [6.07, 6.45) is 0. The molecule has 0 saturated heterocycles. The van der Waals surface area contributed by atoms with Gasteiger partial charge in [-0.15, -0.1) is 0 Å². The lowest BCUT2D eigenvalue weighted by atomic mass is 10.1. The average molecular weight is 100 g/mol. The molecule has 0 aliphatic carbocycles. The zero-order valence-electron chi connectivity index (χ0n) is 5.36. The van der Waals surface area contributed by atoms with Gasteiger partial charge >= 0.3 is 0 Å². The van der Waals surface area contributed by atoms with Crippen molar-refractivity contribution in [3.05, 3.63) is 6.92 Å². The van der Waals surface area contributed by atoms with Gasteiger partial charge in [-0.05, 0) is 19.9 Å². The van der Waals surface area contributed by atoms with Gasteiger partial charge < -0.3 is 5.32 Å². The molecule has 0 aromatic heterocycles. The zero-order valence-corrected chi connectivity index (χ0v) is 5.36. The highest BCUT2D eigenvalue weighted by atomic mass is 14.9. The Morgan fingerprint density at radius 2 is 1.86 bits per heavy atom. The monoisotopic (exact) mass is 100 g/mol. The van der Waals surface area contributed by atoms with Crippen molar-refractivity contribution >= 4 is 0 Å². The first kappa shape index (κ1) is 6.96. The van der Waals surface area contributed by atoms with Crippen molar-refractivity contribution < 1.29 is 0 Å². The smallest absolute Gasteiger partial charge is 0.00876 e. The summed E-state index contributed by atoms with van der Waals surface area (Å²) in [5.74, 6) is 0.644. The van der Waals surface area contributed by atoms with Crippen LogP contribution in [-0.2, 0) is 0 Å². The normalized spacial score (nSPS) is 15.0. The number of hydrogen-bond donors (Lipinski definition) is 1. The largest absolute Gasteiger partial charge is 0.317 e. The highest BCUT2D eigenvalue weighted by Crippen LogP contribution is 1.96. The molecule has 1 radical (unpaired) electrons. The van der Waals surface area contributed by atoms with Crippen molar-refractivity contribution in [2.75, 3.05) is 7.05 Å². The summed E-state index contributed by atoms with van der Waals surface area (Å²) in [5.41, 5.74) is 0. The second kappa shape index (κ2) is 3.03. The first-order valence-electron chi connectivity index (χ1n) is 2.68. The summed E-state index contributed by atoms with van der Waals surface area (Å²) >= 11 is 0. The molecule has 0 rings (SSSR count). The molecule has 0 amide bonds. The highest BCUT2D eigenvalue weighted by molar-refractivity contribution is 4.68. The van der Waals surface area contributed by atoms with Crippen LogP contribution in [0, 0.1) is 12.8 Å². The van der Waals surface area contributed by atoms with Crippen LogP contribution in [0.2, 0.25) is 0 Å². The van der Waals surface area contributed by atoms with Crippen molar-refractivity contribution in [3.8, 4) is 0 Å². The van der Waals surface area contributed by atoms with Crippen molar-refractivity contribution in [1.82, 2.24) is 5.32 Å². The summed E-state index contributed by atoms with van der Waals surface area (Å²) < 4.78 is 0. The third-order valence-electron chi connectivity index (χ3n) is 1.18. The van der Waals surface area contributed by atoms with E-state index in [0.29, 0.717) is 12.0 Å². The van der Waals surface area contributed by atoms with Gasteiger partial charge in [0.15, 0.2) is 0 Å². The van der Waals surface area contributed by atoms with E-state index in [1.54, 1.807) is 0 Å². The Morgan fingerprint density at radius 3 is 1.86 bits per heavy atom. The predicted octanol–water partition coefficient (Wildman–Crippen LogP) is 1.06. The van der Waals surface area contributed by atoms with E-state index in [4.69, 9.17) is 0 Å². The average Bonchev–Trinajstić information content (AvgIpc) is 1.65. The van der Waals surface area contributed by atoms with Gasteiger partial charge in [0.2, 0.25) is 0 Å². The molecule has 0 bridgehead atoms. The Balaban J connectivity index is 3.14. The van der Waals surface area contributed by atoms with Gasteiger partial charge in [0.1, 0.15) is 0 Å². The molecule has 1 N–H and O–H groups in total. The van der Waals surface area contributed by atoms with Crippen molar-refractivity contribution in [3.63, 3.8) is 0 Å². The molecular weight excluding hydrogens is 86.1 g/mol. The Kier molecular flexibility index (Phi) is 3.01. The van der Waals surface area contributed by atoms with Crippen LogP contribution in [0.1, 0.15) is 13.8 Å². The zero-order chi connectivity index (χ0) is 5.86. The van der Waals surface area contributed by atoms with E-state index in [2.05, 4.69) is 26.1 Å². The first-order valence-corrected chi connectivity index (χ1v) is 2.68. The van der Waals surface area contributed by atoms with Crippen LogP contribution in [0.3, 0.4) is 0 Å². The van der Waals surface area contributed by atoms with Crippen LogP contribution >= 0.6 is 0 Å². The molecule has 0 aliphatic rings. The number of hydrogen-bond acceptors (Lipinski definition) is 1. The maximum absolute atomic E-state index is 3.84. The summed E-state index contributed by atoms with van der Waals surface area (Å²) in [5, 5.41) is 3.05. The molecule has 43 valence electrons. The fourth-order valence-electron chi connectivity index (χ4n) is 0.333. The van der Waals surface area contributed by atoms with Crippen LogP contribution in [0.5, 0.6) is 0 Å². The van der Waals surface area contributed by atoms with Crippen LogP contribution in [0.15, 0.2) is 0 Å². The quantitative estimate of drug-likeness (QED) is 0.547. The molecule has 0 saturated carbocycles. The van der Waals surface area contributed by atoms with Gasteiger partial charge in [-0.25, -0.2) is 0 Å². The second-order valence-electron chi connectivity index (χ2n) is 2.14. The summed E-state index contributed by atoms with van der Waals surface area (Å²) in [7, 11) is 1.93. The lowest BCUT2D eigenvalue weighted by Crippen LogP contribution is -2.26. The molecule has 0 aliphatic heterocycles. The third kappa shape index (κ3) is 2.63. The Hall–Kier alpha value is -0.0400. The van der Waals surface area contributed by atoms with E-state index in [0.717, 1.165) is 0 Å². The van der Waals surface area contributed by atoms with Gasteiger partial charge in [0.05, 0.1) is 0 Å². The fraction of sp³-hybridized carbons (Fsp3) is 0.833. The summed E-state index contributed by atoms with van der Waals surface area (Å²) in [4.78, 5) is 0. The topological polar surface area (TPSA) is 12.0 Å². The predicted molar refractivity (Wildman–Crippen MR) is 33.0 cm³/mol. The van der Waals surface area contributed by atoms with Crippen molar-refractivity contribution in [2.45, 2.75) is 19.9 Å². The van der Waals surface area contributed by atoms with E-state index >= 15 is 0 Å². The lowest BCUT2D eigenvalue weighted by molar-refractivity contribution is 0.496. The van der Waals surface area contributed by atoms with Crippen LogP contribution < -0.4 is 5.32 Å². The molecule has 0 spiro atoms. The minimum absolute atomic E-state index is 0.403. The molecule has 1 heteroatoms. The van der Waals surface area contributed by atoms with Gasteiger partial charge in [0, 0.05) is 6.04 Å². The van der Waals surface area contributed by atoms with Gasteiger partial charge in [0.25, 0.3) is 0 Å². The van der Waals surface area contributed by atoms with E-state index in [-0.39, 0.29) is 0 Å². The number of rotatable bonds is 2. The van der Waals surface area contributed by atoms with Crippen LogP contribution in [0.25, 0.3) is 0 Å². The maximum Gasteiger partial charge on any atom is 0.00876 e. The van der Waals surface area contributed by atoms with E-state index < -0.39 is 0 Å². The molecule has 1 atom stereocenters. The molecule has 0 aromatic carbocycles. The van der Waals surface area contributed by atoms with Gasteiger partial charge in [-0.2, -0.15) is 0 Å². The summed E-state index contributed by atoms with van der Waals surface area (Å²) in [6.45, 7) is 8.14. The standard InChI is InChI=1S/C6H14N/c1-5(2)6(3)7-4/h5-7H,3H2,1-2,4H3. The Labute approximate surface area is 46.1 Å². The summed E-state index contributed by atoms with van der Waals surface area (Å²) in [6, 6.07) is 0.403. The minimum atomic E-state index is 0.403. The molecule has 1 nitrogen and oxygen atoms in total. The minimum Gasteiger partial charge on any atom is -0.317 e. The van der Waals surface area contributed by atoms with E-state index in [9.17, 15) is 0 Å². The highest BCUT2D eigenvalue weighted by Gasteiger charge is 2.00. The van der Waals surface area contributed by atoms with Crippen LogP contribution in [0.4, 0.5) is 0 Å². The molecule has 0 aromatic rings. The second-order valence-corrected chi connectivity index (χ2v) is 2.14. The first-order chi connectivity index (χ1) is 3.18. The van der Waals surface area contributed by atoms with Gasteiger partial charge in [-0.1, -0.05) is 13.8 Å². The van der Waals surface area contributed by atoms with Gasteiger partial charge in [-0.3, -0.25) is 0 Å². The molecule has 7 heavy (non-hydrogen) atoms. The Bertz CT molecular complexity index is 41.4. The fourth-order valence-corrected chi connectivity index (χ4v) is 0.333. The van der Waals surface area contributed by atoms with Crippen molar-refractivity contribution in [1.29, 1.82) is 0 Å². The molecule has 0 fully saturated rings. The molecular formula is C6H14N. The third-order valence-corrected chi connectivity index (χ3v) is 1.18. The Morgan fingerprint density at radius 1 is 1.43 bits per heavy atom. The van der Waals surface area contributed by atoms with E-state index in [1.165, 1.54) is 0 Å². The maximum atomic E-state index is 3.84.